The summed E-state index contributed by atoms with van der Waals surface area (Å²) in [5, 5.41) is 16.0. The van der Waals surface area contributed by atoms with Gasteiger partial charge in [-0.05, 0) is 35.0 Å². The topological polar surface area (TPSA) is 106 Å². The molecule has 24 heavy (non-hydrogen) atoms. The van der Waals surface area contributed by atoms with Gasteiger partial charge in [0, 0.05) is 25.4 Å². The quantitative estimate of drug-likeness (QED) is 0.562. The molecule has 132 valence electrons. The lowest BCUT2D eigenvalue weighted by Gasteiger charge is -2.28. The standard InChI is InChI=1S/C16H22BrN3O4/c17-13-11(18)6-10(14-15(13)24-5-1-4-23-14)16(22)20-7-9-2-3-19-8-12(9)21/h6,9,12,19,21H,1-5,7-8,18H2,(H,20,22)/t9-,12+/m0/s1. The maximum Gasteiger partial charge on any atom is 0.255 e. The molecular formula is C16H22BrN3O4. The smallest absolute Gasteiger partial charge is 0.255 e. The van der Waals surface area contributed by atoms with Gasteiger partial charge in [-0.2, -0.15) is 0 Å². The van der Waals surface area contributed by atoms with E-state index < -0.39 is 6.10 Å². The molecule has 0 spiro atoms. The van der Waals surface area contributed by atoms with Crippen molar-refractivity contribution in [1.29, 1.82) is 0 Å². The summed E-state index contributed by atoms with van der Waals surface area (Å²) < 4.78 is 12.0. The summed E-state index contributed by atoms with van der Waals surface area (Å²) in [6, 6.07) is 1.59. The van der Waals surface area contributed by atoms with Gasteiger partial charge in [-0.25, -0.2) is 0 Å². The van der Waals surface area contributed by atoms with Crippen LogP contribution in [0.4, 0.5) is 5.69 Å². The normalized spacial score (nSPS) is 23.4. The first-order chi connectivity index (χ1) is 11.6. The molecule has 1 saturated heterocycles. The van der Waals surface area contributed by atoms with Crippen LogP contribution < -0.4 is 25.8 Å². The van der Waals surface area contributed by atoms with Crippen LogP contribution in [0.15, 0.2) is 10.5 Å². The van der Waals surface area contributed by atoms with Gasteiger partial charge < -0.3 is 30.9 Å². The van der Waals surface area contributed by atoms with Crippen LogP contribution in [0, 0.1) is 5.92 Å². The Balaban J connectivity index is 1.78. The number of nitrogen functional groups attached to an aromatic ring is 1. The van der Waals surface area contributed by atoms with Gasteiger partial charge in [0.25, 0.3) is 5.91 Å². The summed E-state index contributed by atoms with van der Waals surface area (Å²) in [6.45, 7) is 2.80. The predicted molar refractivity (Wildman–Crippen MR) is 93.5 cm³/mol. The van der Waals surface area contributed by atoms with Crippen LogP contribution in [0.3, 0.4) is 0 Å². The number of amides is 1. The van der Waals surface area contributed by atoms with Crippen molar-refractivity contribution < 1.29 is 19.4 Å². The Morgan fingerprint density at radius 2 is 2.17 bits per heavy atom. The van der Waals surface area contributed by atoms with E-state index in [1.54, 1.807) is 6.07 Å². The Labute approximate surface area is 149 Å². The van der Waals surface area contributed by atoms with E-state index >= 15 is 0 Å². The van der Waals surface area contributed by atoms with Gasteiger partial charge >= 0.3 is 0 Å². The van der Waals surface area contributed by atoms with E-state index in [0.717, 1.165) is 19.4 Å². The summed E-state index contributed by atoms with van der Waals surface area (Å²) in [4.78, 5) is 12.6. The van der Waals surface area contributed by atoms with Crippen LogP contribution in [0.25, 0.3) is 0 Å². The molecule has 0 aliphatic carbocycles. The number of benzene rings is 1. The number of ether oxygens (including phenoxy) is 2. The van der Waals surface area contributed by atoms with Crippen molar-refractivity contribution in [2.45, 2.75) is 18.9 Å². The van der Waals surface area contributed by atoms with E-state index in [1.807, 2.05) is 0 Å². The van der Waals surface area contributed by atoms with Crippen molar-refractivity contribution >= 4 is 27.5 Å². The molecule has 8 heteroatoms. The Bertz CT molecular complexity index is 626. The fraction of sp³-hybridized carbons (Fsp3) is 0.562. The first kappa shape index (κ1) is 17.3. The lowest BCUT2D eigenvalue weighted by Crippen LogP contribution is -2.45. The zero-order valence-corrected chi connectivity index (χ0v) is 14.9. The fourth-order valence-corrected chi connectivity index (χ4v) is 3.35. The highest BCUT2D eigenvalue weighted by Crippen LogP contribution is 2.43. The first-order valence-corrected chi connectivity index (χ1v) is 8.91. The van der Waals surface area contributed by atoms with Crippen LogP contribution >= 0.6 is 15.9 Å². The molecule has 1 fully saturated rings. The Kier molecular flexibility index (Phi) is 5.47. The summed E-state index contributed by atoms with van der Waals surface area (Å²) in [6.07, 6.45) is 1.11. The van der Waals surface area contributed by atoms with Crippen molar-refractivity contribution in [3.8, 4) is 11.5 Å². The number of fused-ring (bicyclic) bond motifs is 1. The summed E-state index contributed by atoms with van der Waals surface area (Å²) in [5.41, 5.74) is 6.76. The number of β-amino-alcohol motifs (C(OH)–C–C–N with tert-alkyl or cyclic N) is 1. The molecule has 0 unspecified atom stereocenters. The number of aliphatic hydroxyl groups is 1. The van der Waals surface area contributed by atoms with Gasteiger partial charge in [-0.3, -0.25) is 4.79 Å². The van der Waals surface area contributed by atoms with E-state index in [0.29, 0.717) is 53.5 Å². The van der Waals surface area contributed by atoms with E-state index in [-0.39, 0.29) is 11.8 Å². The average molecular weight is 400 g/mol. The van der Waals surface area contributed by atoms with Gasteiger partial charge in [-0.1, -0.05) is 0 Å². The number of nitrogens with two attached hydrogens (primary N) is 1. The van der Waals surface area contributed by atoms with Crippen LogP contribution in [-0.2, 0) is 0 Å². The van der Waals surface area contributed by atoms with E-state index in [9.17, 15) is 9.90 Å². The van der Waals surface area contributed by atoms with Crippen LogP contribution in [0.5, 0.6) is 11.5 Å². The first-order valence-electron chi connectivity index (χ1n) is 8.12. The van der Waals surface area contributed by atoms with Crippen LogP contribution in [0.2, 0.25) is 0 Å². The highest BCUT2D eigenvalue weighted by atomic mass is 79.9. The van der Waals surface area contributed by atoms with Gasteiger partial charge in [0.2, 0.25) is 0 Å². The average Bonchev–Trinajstić information content (AvgIpc) is 2.83. The summed E-state index contributed by atoms with van der Waals surface area (Å²) >= 11 is 3.39. The monoisotopic (exact) mass is 399 g/mol. The minimum absolute atomic E-state index is 0.0405. The van der Waals surface area contributed by atoms with Crippen LogP contribution in [0.1, 0.15) is 23.2 Å². The van der Waals surface area contributed by atoms with Crippen molar-refractivity contribution in [3.05, 3.63) is 16.1 Å². The lowest BCUT2D eigenvalue weighted by molar-refractivity contribution is 0.0752. The number of hydrogen-bond acceptors (Lipinski definition) is 6. The molecule has 0 aromatic heterocycles. The number of carbonyl (C=O) groups excluding carboxylic acids is 1. The largest absolute Gasteiger partial charge is 0.489 e. The molecule has 0 saturated carbocycles. The highest BCUT2D eigenvalue weighted by molar-refractivity contribution is 9.10. The molecule has 1 aromatic carbocycles. The Morgan fingerprint density at radius 3 is 2.92 bits per heavy atom. The number of halogens is 1. The zero-order chi connectivity index (χ0) is 17.1. The number of rotatable bonds is 3. The third-order valence-electron chi connectivity index (χ3n) is 4.34. The Morgan fingerprint density at radius 1 is 1.42 bits per heavy atom. The maximum absolute atomic E-state index is 12.6. The molecule has 0 bridgehead atoms. The number of hydrogen-bond donors (Lipinski definition) is 4. The summed E-state index contributed by atoms with van der Waals surface area (Å²) in [7, 11) is 0. The number of aliphatic hydroxyl groups excluding tert-OH is 1. The maximum atomic E-state index is 12.6. The third-order valence-corrected chi connectivity index (χ3v) is 5.16. The second-order valence-electron chi connectivity index (χ2n) is 6.07. The molecule has 7 nitrogen and oxygen atoms in total. The molecule has 2 aliphatic heterocycles. The van der Waals surface area contributed by atoms with Gasteiger partial charge in [0.15, 0.2) is 11.5 Å². The number of nitrogens with one attached hydrogen (secondary N) is 2. The molecule has 0 radical (unpaired) electrons. The SMILES string of the molecule is Nc1cc(C(=O)NC[C@@H]2CCNC[C@H]2O)c2c(c1Br)OCCCO2. The molecule has 2 atom stereocenters. The minimum atomic E-state index is -0.453. The van der Waals surface area contributed by atoms with Crippen molar-refractivity contribution in [3.63, 3.8) is 0 Å². The van der Waals surface area contributed by atoms with Crippen LogP contribution in [-0.4, -0.2) is 50.0 Å². The molecule has 5 N–H and O–H groups in total. The number of piperidine rings is 1. The molecule has 3 rings (SSSR count). The Hall–Kier alpha value is -1.51. The molecule has 1 amide bonds. The van der Waals surface area contributed by atoms with Crippen molar-refractivity contribution in [2.75, 3.05) is 38.6 Å². The van der Waals surface area contributed by atoms with Crippen molar-refractivity contribution in [2.24, 2.45) is 5.92 Å². The second-order valence-corrected chi connectivity index (χ2v) is 6.86. The lowest BCUT2D eigenvalue weighted by atomic mass is 9.95. The minimum Gasteiger partial charge on any atom is -0.489 e. The van der Waals surface area contributed by atoms with E-state index in [4.69, 9.17) is 15.2 Å². The molecule has 2 aliphatic rings. The van der Waals surface area contributed by atoms with Gasteiger partial charge in [0.1, 0.15) is 0 Å². The molecular weight excluding hydrogens is 378 g/mol. The number of carbonyl (C=O) groups is 1. The van der Waals surface area contributed by atoms with Crippen molar-refractivity contribution in [1.82, 2.24) is 10.6 Å². The van der Waals surface area contributed by atoms with E-state index in [1.165, 1.54) is 0 Å². The molecule has 1 aromatic rings. The number of anilines is 1. The summed E-state index contributed by atoms with van der Waals surface area (Å²) in [5.74, 6) is 0.650. The third kappa shape index (κ3) is 3.60. The molecule has 2 heterocycles. The van der Waals surface area contributed by atoms with Gasteiger partial charge in [-0.15, -0.1) is 0 Å². The zero-order valence-electron chi connectivity index (χ0n) is 13.3. The predicted octanol–water partition coefficient (Wildman–Crippen LogP) is 0.893. The fourth-order valence-electron chi connectivity index (χ4n) is 2.94. The van der Waals surface area contributed by atoms with Gasteiger partial charge in [0.05, 0.1) is 35.0 Å². The second kappa shape index (κ2) is 7.58. The highest BCUT2D eigenvalue weighted by Gasteiger charge is 2.27. The van der Waals surface area contributed by atoms with E-state index in [2.05, 4.69) is 26.6 Å².